The van der Waals surface area contributed by atoms with Gasteiger partial charge in [-0.05, 0) is 36.1 Å². The summed E-state index contributed by atoms with van der Waals surface area (Å²) in [6.45, 7) is 4.23. The van der Waals surface area contributed by atoms with E-state index in [1.165, 1.54) is 0 Å². The van der Waals surface area contributed by atoms with Crippen LogP contribution in [0.3, 0.4) is 0 Å². The van der Waals surface area contributed by atoms with Gasteiger partial charge in [-0.1, -0.05) is 25.4 Å². The summed E-state index contributed by atoms with van der Waals surface area (Å²) in [7, 11) is 0. The molecule has 3 nitrogen and oxygen atoms in total. The lowest BCUT2D eigenvalue weighted by molar-refractivity contribution is 0.635. The molecule has 1 N–H and O–H groups in total. The van der Waals surface area contributed by atoms with Crippen LogP contribution in [0, 0.1) is 5.92 Å². The summed E-state index contributed by atoms with van der Waals surface area (Å²) in [4.78, 5) is 18.5. The van der Waals surface area contributed by atoms with Gasteiger partial charge >= 0.3 is 0 Å². The number of aromatic amines is 1. The van der Waals surface area contributed by atoms with Gasteiger partial charge in [-0.25, -0.2) is 0 Å². The second-order valence-electron chi connectivity index (χ2n) is 4.67. The highest BCUT2D eigenvalue weighted by Gasteiger charge is 2.10. The normalized spacial score (nSPS) is 10.9. The Morgan fingerprint density at radius 2 is 2.00 bits per heavy atom. The molecule has 2 aromatic heterocycles. The third kappa shape index (κ3) is 2.79. The molecule has 0 amide bonds. The lowest BCUT2D eigenvalue weighted by Gasteiger charge is -2.11. The molecule has 0 atom stereocenters. The van der Waals surface area contributed by atoms with Crippen molar-refractivity contribution in [2.45, 2.75) is 20.3 Å². The molecule has 0 aromatic carbocycles. The first kappa shape index (κ1) is 12.8. The van der Waals surface area contributed by atoms with Crippen LogP contribution in [0.25, 0.3) is 11.1 Å². The SMILES string of the molecule is CC(C)Cc1[nH]c(=O)c(Cl)cc1-c1ccncc1. The predicted molar refractivity (Wildman–Crippen MR) is 73.8 cm³/mol. The molecule has 0 radical (unpaired) electrons. The van der Waals surface area contributed by atoms with E-state index in [-0.39, 0.29) is 10.6 Å². The Bertz CT molecular complexity index is 590. The van der Waals surface area contributed by atoms with Gasteiger partial charge in [0.15, 0.2) is 0 Å². The fourth-order valence-electron chi connectivity index (χ4n) is 1.90. The minimum absolute atomic E-state index is 0.217. The number of pyridine rings is 2. The molecule has 4 heteroatoms. The van der Waals surface area contributed by atoms with Gasteiger partial charge in [-0.15, -0.1) is 0 Å². The molecule has 0 aliphatic carbocycles. The maximum absolute atomic E-state index is 11.6. The van der Waals surface area contributed by atoms with E-state index in [0.29, 0.717) is 5.92 Å². The van der Waals surface area contributed by atoms with E-state index in [4.69, 9.17) is 11.6 Å². The van der Waals surface area contributed by atoms with Crippen LogP contribution in [0.15, 0.2) is 35.4 Å². The second-order valence-corrected chi connectivity index (χ2v) is 5.08. The Kier molecular flexibility index (Phi) is 3.82. The zero-order chi connectivity index (χ0) is 13.1. The molecule has 0 aliphatic heterocycles. The highest BCUT2D eigenvalue weighted by molar-refractivity contribution is 6.30. The molecule has 0 saturated heterocycles. The van der Waals surface area contributed by atoms with E-state index >= 15 is 0 Å². The van der Waals surface area contributed by atoms with Crippen molar-refractivity contribution in [3.8, 4) is 11.1 Å². The Morgan fingerprint density at radius 1 is 1.33 bits per heavy atom. The lowest BCUT2D eigenvalue weighted by Crippen LogP contribution is -2.12. The molecule has 0 fully saturated rings. The molecule has 2 aromatic rings. The predicted octanol–water partition coefficient (Wildman–Crippen LogP) is 3.29. The first-order valence-corrected chi connectivity index (χ1v) is 6.28. The minimum atomic E-state index is -0.231. The number of hydrogen-bond donors (Lipinski definition) is 1. The van der Waals surface area contributed by atoms with Crippen LogP contribution < -0.4 is 5.56 Å². The van der Waals surface area contributed by atoms with Gasteiger partial charge in [0, 0.05) is 23.7 Å². The summed E-state index contributed by atoms with van der Waals surface area (Å²) in [5.74, 6) is 0.461. The number of hydrogen-bond acceptors (Lipinski definition) is 2. The second kappa shape index (κ2) is 5.36. The van der Waals surface area contributed by atoms with Crippen molar-refractivity contribution < 1.29 is 0 Å². The smallest absolute Gasteiger partial charge is 0.266 e. The average molecular weight is 263 g/mol. The number of H-pyrrole nitrogens is 1. The monoisotopic (exact) mass is 262 g/mol. The van der Waals surface area contributed by atoms with E-state index in [1.54, 1.807) is 18.5 Å². The summed E-state index contributed by atoms with van der Waals surface area (Å²) < 4.78 is 0. The summed E-state index contributed by atoms with van der Waals surface area (Å²) in [6, 6.07) is 5.55. The van der Waals surface area contributed by atoms with E-state index in [9.17, 15) is 4.79 Å². The Morgan fingerprint density at radius 3 is 2.61 bits per heavy atom. The topological polar surface area (TPSA) is 45.8 Å². The van der Waals surface area contributed by atoms with E-state index in [0.717, 1.165) is 23.2 Å². The number of aromatic nitrogens is 2. The molecule has 0 aliphatic rings. The number of halogens is 1. The van der Waals surface area contributed by atoms with Gasteiger partial charge in [0.05, 0.1) is 0 Å². The van der Waals surface area contributed by atoms with Crippen molar-refractivity contribution in [1.29, 1.82) is 0 Å². The Hall–Kier alpha value is -1.61. The van der Waals surface area contributed by atoms with Crippen LogP contribution in [0.1, 0.15) is 19.5 Å². The number of nitrogens with zero attached hydrogens (tertiary/aromatic N) is 1. The average Bonchev–Trinajstić information content (AvgIpc) is 2.34. The van der Waals surface area contributed by atoms with E-state index in [2.05, 4.69) is 23.8 Å². The van der Waals surface area contributed by atoms with Crippen molar-refractivity contribution in [3.05, 3.63) is 51.7 Å². The maximum Gasteiger partial charge on any atom is 0.266 e. The van der Waals surface area contributed by atoms with Crippen LogP contribution in [0.5, 0.6) is 0 Å². The van der Waals surface area contributed by atoms with Gasteiger partial charge in [-0.2, -0.15) is 0 Å². The highest BCUT2D eigenvalue weighted by atomic mass is 35.5. The maximum atomic E-state index is 11.6. The third-order valence-corrected chi connectivity index (χ3v) is 2.96. The molecule has 94 valence electrons. The van der Waals surface area contributed by atoms with Crippen LogP contribution in [0.2, 0.25) is 5.02 Å². The van der Waals surface area contributed by atoms with Crippen LogP contribution in [-0.4, -0.2) is 9.97 Å². The molecule has 0 bridgehead atoms. The molecule has 2 rings (SSSR count). The quantitative estimate of drug-likeness (QED) is 0.923. The lowest BCUT2D eigenvalue weighted by atomic mass is 9.99. The molecular formula is C14H15ClN2O. The number of rotatable bonds is 3. The van der Waals surface area contributed by atoms with Crippen LogP contribution in [0.4, 0.5) is 0 Å². The van der Waals surface area contributed by atoms with Crippen molar-refractivity contribution in [2.24, 2.45) is 5.92 Å². The fourth-order valence-corrected chi connectivity index (χ4v) is 2.06. The third-order valence-electron chi connectivity index (χ3n) is 2.68. The van der Waals surface area contributed by atoms with Gasteiger partial charge in [0.1, 0.15) is 5.02 Å². The fraction of sp³-hybridized carbons (Fsp3) is 0.286. The van der Waals surface area contributed by atoms with E-state index < -0.39 is 0 Å². The van der Waals surface area contributed by atoms with Crippen molar-refractivity contribution in [2.75, 3.05) is 0 Å². The Balaban J connectivity index is 2.57. The zero-order valence-electron chi connectivity index (χ0n) is 10.4. The summed E-state index contributed by atoms with van der Waals surface area (Å²) >= 11 is 5.91. The van der Waals surface area contributed by atoms with E-state index in [1.807, 2.05) is 12.1 Å². The molecule has 0 spiro atoms. The summed E-state index contributed by atoms with van der Waals surface area (Å²) in [6.07, 6.45) is 4.27. The van der Waals surface area contributed by atoms with Gasteiger partial charge in [-0.3, -0.25) is 9.78 Å². The minimum Gasteiger partial charge on any atom is -0.324 e. The highest BCUT2D eigenvalue weighted by Crippen LogP contribution is 2.24. The number of nitrogens with one attached hydrogen (secondary N) is 1. The van der Waals surface area contributed by atoms with Crippen LogP contribution in [-0.2, 0) is 6.42 Å². The molecule has 0 saturated carbocycles. The van der Waals surface area contributed by atoms with Crippen LogP contribution >= 0.6 is 11.6 Å². The molecular weight excluding hydrogens is 248 g/mol. The largest absolute Gasteiger partial charge is 0.324 e. The van der Waals surface area contributed by atoms with Gasteiger partial charge in [0.25, 0.3) is 5.56 Å². The van der Waals surface area contributed by atoms with Crippen molar-refractivity contribution >= 4 is 11.6 Å². The van der Waals surface area contributed by atoms with Gasteiger partial charge in [0.2, 0.25) is 0 Å². The molecule has 0 unspecified atom stereocenters. The zero-order valence-corrected chi connectivity index (χ0v) is 11.2. The van der Waals surface area contributed by atoms with Crippen molar-refractivity contribution in [1.82, 2.24) is 9.97 Å². The first-order chi connectivity index (χ1) is 8.58. The summed E-state index contributed by atoms with van der Waals surface area (Å²) in [5, 5.41) is 0.217. The molecule has 2 heterocycles. The Labute approximate surface area is 111 Å². The van der Waals surface area contributed by atoms with Gasteiger partial charge < -0.3 is 4.98 Å². The first-order valence-electron chi connectivity index (χ1n) is 5.90. The molecule has 18 heavy (non-hydrogen) atoms. The standard InChI is InChI=1S/C14H15ClN2O/c1-9(2)7-13-11(8-12(15)14(18)17-13)10-3-5-16-6-4-10/h3-6,8-9H,7H2,1-2H3,(H,17,18). The van der Waals surface area contributed by atoms with Crippen molar-refractivity contribution in [3.63, 3.8) is 0 Å². The summed E-state index contributed by atoms with van der Waals surface area (Å²) in [5.41, 5.74) is 2.67.